The van der Waals surface area contributed by atoms with Crippen molar-refractivity contribution in [2.45, 2.75) is 64.0 Å². The Hall–Kier alpha value is -2.37. The minimum Gasteiger partial charge on any atom is -0.342 e. The molecular formula is C23H31N3O3. The van der Waals surface area contributed by atoms with Gasteiger partial charge in [0, 0.05) is 18.7 Å². The van der Waals surface area contributed by atoms with Crippen molar-refractivity contribution < 1.29 is 14.4 Å². The van der Waals surface area contributed by atoms with Crippen LogP contribution in [0.2, 0.25) is 0 Å². The van der Waals surface area contributed by atoms with E-state index in [-0.39, 0.29) is 24.3 Å². The Kier molecular flexibility index (Phi) is 5.88. The first kappa shape index (κ1) is 19.9. The molecule has 6 heteroatoms. The third-order valence-electron chi connectivity index (χ3n) is 6.77. The van der Waals surface area contributed by atoms with Crippen LogP contribution in [0.15, 0.2) is 24.3 Å². The lowest BCUT2D eigenvalue weighted by molar-refractivity contribution is -0.152. The maximum Gasteiger partial charge on any atom is 0.253 e. The van der Waals surface area contributed by atoms with Crippen LogP contribution in [0.5, 0.6) is 0 Å². The fraction of sp³-hybridized carbons (Fsp3) is 0.609. The molecule has 0 unspecified atom stereocenters. The number of benzene rings is 1. The molecule has 0 spiro atoms. The zero-order valence-corrected chi connectivity index (χ0v) is 17.2. The Balaban J connectivity index is 1.40. The van der Waals surface area contributed by atoms with E-state index in [9.17, 15) is 14.4 Å². The number of nitrogens with one attached hydrogen (secondary N) is 1. The zero-order chi connectivity index (χ0) is 20.4. The van der Waals surface area contributed by atoms with E-state index in [2.05, 4.69) is 12.2 Å². The second-order valence-electron chi connectivity index (χ2n) is 8.65. The summed E-state index contributed by atoms with van der Waals surface area (Å²) in [5.41, 5.74) is 1.82. The minimum absolute atomic E-state index is 0.0274. The second-order valence-corrected chi connectivity index (χ2v) is 8.65. The van der Waals surface area contributed by atoms with E-state index in [0.717, 1.165) is 25.7 Å². The van der Waals surface area contributed by atoms with Gasteiger partial charge in [-0.3, -0.25) is 14.4 Å². The first-order chi connectivity index (χ1) is 14.1. The number of carbonyl (C=O) groups excluding carboxylic acids is 3. The topological polar surface area (TPSA) is 69.7 Å². The molecule has 0 bridgehead atoms. The van der Waals surface area contributed by atoms with Gasteiger partial charge in [0.05, 0.1) is 6.54 Å². The summed E-state index contributed by atoms with van der Waals surface area (Å²) in [5.74, 6) is 0.365. The summed E-state index contributed by atoms with van der Waals surface area (Å²) in [6, 6.07) is 6.66. The van der Waals surface area contributed by atoms with Gasteiger partial charge in [0.15, 0.2) is 0 Å². The van der Waals surface area contributed by atoms with Gasteiger partial charge in [0.2, 0.25) is 11.8 Å². The minimum atomic E-state index is -0.572. The number of fused-ring (bicyclic) bond motifs is 1. The van der Waals surface area contributed by atoms with Gasteiger partial charge in [0.1, 0.15) is 12.1 Å². The lowest BCUT2D eigenvalue weighted by atomic mass is 9.84. The van der Waals surface area contributed by atoms with Crippen molar-refractivity contribution in [1.82, 2.24) is 15.1 Å². The molecule has 29 heavy (non-hydrogen) atoms. The van der Waals surface area contributed by atoms with Gasteiger partial charge in [-0.05, 0) is 36.5 Å². The van der Waals surface area contributed by atoms with Crippen molar-refractivity contribution in [1.29, 1.82) is 0 Å². The molecule has 2 heterocycles. The van der Waals surface area contributed by atoms with Gasteiger partial charge < -0.3 is 15.1 Å². The second kappa shape index (κ2) is 8.56. The molecule has 3 fully saturated rings. The number of rotatable bonds is 4. The summed E-state index contributed by atoms with van der Waals surface area (Å²) >= 11 is 0. The van der Waals surface area contributed by atoms with Crippen LogP contribution in [0.1, 0.15) is 61.4 Å². The van der Waals surface area contributed by atoms with Gasteiger partial charge in [0.25, 0.3) is 5.91 Å². The molecule has 2 atom stereocenters. The average Bonchev–Trinajstić information content (AvgIpc) is 2.77. The van der Waals surface area contributed by atoms with E-state index in [0.29, 0.717) is 24.6 Å². The zero-order valence-electron chi connectivity index (χ0n) is 17.2. The number of hydrogen-bond acceptors (Lipinski definition) is 3. The summed E-state index contributed by atoms with van der Waals surface area (Å²) in [4.78, 5) is 42.1. The molecule has 6 nitrogen and oxygen atoms in total. The lowest BCUT2D eigenvalue weighted by Gasteiger charge is -2.45. The maximum absolute atomic E-state index is 13.0. The van der Waals surface area contributed by atoms with Crippen molar-refractivity contribution >= 4 is 17.7 Å². The Morgan fingerprint density at radius 1 is 1.07 bits per heavy atom. The molecule has 156 valence electrons. The number of nitrogens with zero attached hydrogens (tertiary/aromatic N) is 2. The van der Waals surface area contributed by atoms with Crippen LogP contribution in [-0.2, 0) is 16.0 Å². The van der Waals surface area contributed by atoms with E-state index >= 15 is 0 Å². The number of amides is 3. The van der Waals surface area contributed by atoms with Gasteiger partial charge in [-0.15, -0.1) is 0 Å². The first-order valence-electron chi connectivity index (χ1n) is 11.1. The fourth-order valence-electron chi connectivity index (χ4n) is 4.97. The van der Waals surface area contributed by atoms with E-state index in [1.54, 1.807) is 9.80 Å². The highest BCUT2D eigenvalue weighted by molar-refractivity contribution is 5.99. The third-order valence-corrected chi connectivity index (χ3v) is 6.77. The van der Waals surface area contributed by atoms with Crippen LogP contribution in [0.4, 0.5) is 0 Å². The summed E-state index contributed by atoms with van der Waals surface area (Å²) in [5, 5.41) is 2.96. The van der Waals surface area contributed by atoms with Crippen LogP contribution < -0.4 is 5.32 Å². The highest BCUT2D eigenvalue weighted by Gasteiger charge is 2.44. The molecule has 3 aliphatic rings. The van der Waals surface area contributed by atoms with Crippen molar-refractivity contribution in [3.05, 3.63) is 35.4 Å². The van der Waals surface area contributed by atoms with Crippen molar-refractivity contribution in [3.63, 3.8) is 0 Å². The predicted octanol–water partition coefficient (Wildman–Crippen LogP) is 2.37. The van der Waals surface area contributed by atoms with Crippen LogP contribution in [-0.4, -0.2) is 59.2 Å². The van der Waals surface area contributed by atoms with Crippen LogP contribution in [0, 0.1) is 5.92 Å². The van der Waals surface area contributed by atoms with Gasteiger partial charge in [-0.2, -0.15) is 0 Å². The average molecular weight is 398 g/mol. The van der Waals surface area contributed by atoms with Gasteiger partial charge in [-0.1, -0.05) is 51.2 Å². The normalized spacial score (nSPS) is 25.6. The summed E-state index contributed by atoms with van der Waals surface area (Å²) in [6.07, 6.45) is 7.72. The standard InChI is InChI=1S/C23H31N3O3/c1-2-16-8-10-18(11-9-16)22(28)25-12-13-26-20(15-25)21(27)24-19(23(26)29)14-17-6-4-3-5-7-17/h8-11,17,19-20H,2-7,12-15H2,1H3,(H,24,27)/t19-,20+/m0/s1. The summed E-state index contributed by atoms with van der Waals surface area (Å²) in [6.45, 7) is 3.25. The fourth-order valence-corrected chi connectivity index (χ4v) is 4.97. The van der Waals surface area contributed by atoms with E-state index in [4.69, 9.17) is 0 Å². The SMILES string of the molecule is CCc1ccc(C(=O)N2CCN3C(=O)[C@H](CC4CCCCC4)NC(=O)[C@H]3C2)cc1. The highest BCUT2D eigenvalue weighted by Crippen LogP contribution is 2.29. The summed E-state index contributed by atoms with van der Waals surface area (Å²) in [7, 11) is 0. The maximum atomic E-state index is 13.0. The predicted molar refractivity (Wildman–Crippen MR) is 110 cm³/mol. The molecule has 0 radical (unpaired) electrons. The Labute approximate surface area is 172 Å². The molecule has 1 saturated carbocycles. The molecule has 1 N–H and O–H groups in total. The van der Waals surface area contributed by atoms with Crippen LogP contribution >= 0.6 is 0 Å². The Morgan fingerprint density at radius 2 is 1.79 bits per heavy atom. The molecule has 2 aliphatic heterocycles. The summed E-state index contributed by atoms with van der Waals surface area (Å²) < 4.78 is 0. The van der Waals surface area contributed by atoms with Crippen molar-refractivity contribution in [2.75, 3.05) is 19.6 Å². The van der Waals surface area contributed by atoms with E-state index in [1.165, 1.54) is 24.8 Å². The van der Waals surface area contributed by atoms with Crippen molar-refractivity contribution in [2.24, 2.45) is 5.92 Å². The molecule has 3 amide bonds. The Morgan fingerprint density at radius 3 is 2.48 bits per heavy atom. The number of aryl methyl sites for hydroxylation is 1. The molecule has 1 aliphatic carbocycles. The number of hydrogen-bond donors (Lipinski definition) is 1. The number of piperazine rings is 2. The van der Waals surface area contributed by atoms with Gasteiger partial charge in [-0.25, -0.2) is 0 Å². The van der Waals surface area contributed by atoms with E-state index in [1.807, 2.05) is 24.3 Å². The quantitative estimate of drug-likeness (QED) is 0.848. The van der Waals surface area contributed by atoms with E-state index < -0.39 is 12.1 Å². The number of carbonyl (C=O) groups is 3. The molecular weight excluding hydrogens is 366 g/mol. The van der Waals surface area contributed by atoms with Crippen LogP contribution in [0.3, 0.4) is 0 Å². The monoisotopic (exact) mass is 397 g/mol. The van der Waals surface area contributed by atoms with Crippen molar-refractivity contribution in [3.8, 4) is 0 Å². The van der Waals surface area contributed by atoms with Gasteiger partial charge >= 0.3 is 0 Å². The molecule has 1 aromatic carbocycles. The Bertz CT molecular complexity index is 770. The molecule has 1 aromatic rings. The molecule has 4 rings (SSSR count). The molecule has 0 aromatic heterocycles. The van der Waals surface area contributed by atoms with Crippen LogP contribution in [0.25, 0.3) is 0 Å². The first-order valence-corrected chi connectivity index (χ1v) is 11.1. The smallest absolute Gasteiger partial charge is 0.253 e. The highest BCUT2D eigenvalue weighted by atomic mass is 16.2. The third kappa shape index (κ3) is 4.16. The lowest BCUT2D eigenvalue weighted by Crippen LogP contribution is -2.69. The molecule has 2 saturated heterocycles. The largest absolute Gasteiger partial charge is 0.342 e.